The molecule has 0 radical (unpaired) electrons. The minimum atomic E-state index is -0.263. The molecule has 0 saturated heterocycles. The summed E-state index contributed by atoms with van der Waals surface area (Å²) in [7, 11) is 1.49. The zero-order valence-electron chi connectivity index (χ0n) is 12.9. The molecule has 3 nitrogen and oxygen atoms in total. The second-order valence-corrected chi connectivity index (χ2v) is 6.09. The smallest absolute Gasteiger partial charge is 0.168 e. The lowest BCUT2D eigenvalue weighted by Crippen LogP contribution is -2.38. The topological polar surface area (TPSA) is 47.3 Å². The minimum absolute atomic E-state index is 0.120. The zero-order valence-corrected chi connectivity index (χ0v) is 12.9. The second kappa shape index (κ2) is 8.35. The highest BCUT2D eigenvalue weighted by molar-refractivity contribution is 5.31. The van der Waals surface area contributed by atoms with Crippen LogP contribution in [-0.4, -0.2) is 13.2 Å². The summed E-state index contributed by atoms with van der Waals surface area (Å²) in [4.78, 5) is 0. The molecule has 0 amide bonds. The number of methoxy groups -OCH3 is 1. The van der Waals surface area contributed by atoms with Crippen molar-refractivity contribution in [2.45, 2.75) is 57.4 Å². The van der Waals surface area contributed by atoms with Gasteiger partial charge in [0.05, 0.1) is 7.11 Å². The van der Waals surface area contributed by atoms with Gasteiger partial charge >= 0.3 is 0 Å². The van der Waals surface area contributed by atoms with Gasteiger partial charge in [0.15, 0.2) is 11.6 Å². The minimum Gasteiger partial charge on any atom is -0.494 e. The van der Waals surface area contributed by atoms with E-state index in [2.05, 4.69) is 5.43 Å². The van der Waals surface area contributed by atoms with Crippen molar-refractivity contribution < 1.29 is 9.13 Å². The molecule has 0 aromatic heterocycles. The fourth-order valence-electron chi connectivity index (χ4n) is 3.35. The van der Waals surface area contributed by atoms with E-state index in [-0.39, 0.29) is 11.9 Å². The number of hydrazine groups is 1. The molecule has 0 aliphatic heterocycles. The number of nitrogens with two attached hydrogens (primary N) is 1. The number of ether oxygens (including phenoxy) is 1. The fourth-order valence-corrected chi connectivity index (χ4v) is 3.35. The van der Waals surface area contributed by atoms with Crippen LogP contribution in [0, 0.1) is 11.7 Å². The maximum atomic E-state index is 14.2. The number of hydrogen-bond donors (Lipinski definition) is 2. The predicted octanol–water partition coefficient (Wildman–Crippen LogP) is 3.57. The molecular weight excluding hydrogens is 267 g/mol. The lowest BCUT2D eigenvalue weighted by Gasteiger charge is -2.22. The van der Waals surface area contributed by atoms with E-state index in [1.165, 1.54) is 45.6 Å². The molecule has 1 aromatic carbocycles. The Kier molecular flexibility index (Phi) is 6.46. The van der Waals surface area contributed by atoms with E-state index in [0.717, 1.165) is 6.42 Å². The van der Waals surface area contributed by atoms with E-state index in [1.807, 2.05) is 12.1 Å². The number of nitrogens with one attached hydrogen (secondary N) is 1. The Bertz CT molecular complexity index is 431. The van der Waals surface area contributed by atoms with Gasteiger partial charge in [0.2, 0.25) is 0 Å². The van der Waals surface area contributed by atoms with Crippen molar-refractivity contribution in [1.82, 2.24) is 5.43 Å². The quantitative estimate of drug-likeness (QED) is 0.479. The summed E-state index contributed by atoms with van der Waals surface area (Å²) in [6.07, 6.45) is 9.51. The van der Waals surface area contributed by atoms with Crippen molar-refractivity contribution in [2.75, 3.05) is 7.11 Å². The van der Waals surface area contributed by atoms with Crippen LogP contribution in [0.5, 0.6) is 5.75 Å². The van der Waals surface area contributed by atoms with Crippen molar-refractivity contribution in [3.63, 3.8) is 0 Å². The molecule has 4 heteroatoms. The summed E-state index contributed by atoms with van der Waals surface area (Å²) in [6, 6.07) is 5.41. The van der Waals surface area contributed by atoms with E-state index < -0.39 is 0 Å². The standard InChI is InChI=1S/C17H27FN2O/c1-21-16-10-6-9-14(17(16)18)12-15(20-19)11-13-7-4-2-3-5-8-13/h6,9-10,13,15,20H,2-5,7-8,11-12,19H2,1H3. The van der Waals surface area contributed by atoms with Gasteiger partial charge in [0.25, 0.3) is 0 Å². The monoisotopic (exact) mass is 294 g/mol. The third-order valence-corrected chi connectivity index (χ3v) is 4.56. The van der Waals surface area contributed by atoms with Crippen LogP contribution in [-0.2, 0) is 6.42 Å². The van der Waals surface area contributed by atoms with Crippen LogP contribution in [0.15, 0.2) is 18.2 Å². The average Bonchev–Trinajstić information content (AvgIpc) is 2.77. The summed E-state index contributed by atoms with van der Waals surface area (Å²) in [5.41, 5.74) is 3.55. The predicted molar refractivity (Wildman–Crippen MR) is 83.6 cm³/mol. The van der Waals surface area contributed by atoms with Crippen LogP contribution < -0.4 is 16.0 Å². The van der Waals surface area contributed by atoms with E-state index in [0.29, 0.717) is 23.7 Å². The van der Waals surface area contributed by atoms with Gasteiger partial charge in [0, 0.05) is 6.04 Å². The third kappa shape index (κ3) is 4.68. The number of hydrogen-bond acceptors (Lipinski definition) is 3. The first-order valence-corrected chi connectivity index (χ1v) is 8.02. The van der Waals surface area contributed by atoms with Gasteiger partial charge in [-0.15, -0.1) is 0 Å². The SMILES string of the molecule is COc1cccc(CC(CC2CCCCCC2)NN)c1F. The van der Waals surface area contributed by atoms with Gasteiger partial charge in [-0.2, -0.15) is 0 Å². The largest absolute Gasteiger partial charge is 0.494 e. The van der Waals surface area contributed by atoms with E-state index >= 15 is 0 Å². The van der Waals surface area contributed by atoms with E-state index in [1.54, 1.807) is 6.07 Å². The highest BCUT2D eigenvalue weighted by Gasteiger charge is 2.19. The van der Waals surface area contributed by atoms with Crippen LogP contribution in [0.3, 0.4) is 0 Å². The van der Waals surface area contributed by atoms with Gasteiger partial charge in [-0.25, -0.2) is 4.39 Å². The van der Waals surface area contributed by atoms with Gasteiger partial charge < -0.3 is 4.74 Å². The molecule has 1 fully saturated rings. The molecule has 0 spiro atoms. The Morgan fingerprint density at radius 3 is 2.62 bits per heavy atom. The summed E-state index contributed by atoms with van der Waals surface area (Å²) < 4.78 is 19.3. The van der Waals surface area contributed by atoms with Crippen LogP contribution in [0.2, 0.25) is 0 Å². The number of benzene rings is 1. The number of rotatable bonds is 6. The lowest BCUT2D eigenvalue weighted by atomic mass is 9.90. The van der Waals surface area contributed by atoms with E-state index in [4.69, 9.17) is 10.6 Å². The molecule has 118 valence electrons. The van der Waals surface area contributed by atoms with Crippen molar-refractivity contribution in [3.8, 4) is 5.75 Å². The summed E-state index contributed by atoms with van der Waals surface area (Å²) in [5.74, 6) is 6.44. The van der Waals surface area contributed by atoms with Crippen LogP contribution in [0.25, 0.3) is 0 Å². The first kappa shape index (κ1) is 16.2. The molecule has 1 aliphatic carbocycles. The van der Waals surface area contributed by atoms with Crippen molar-refractivity contribution in [3.05, 3.63) is 29.6 Å². The van der Waals surface area contributed by atoms with Crippen molar-refractivity contribution in [2.24, 2.45) is 11.8 Å². The van der Waals surface area contributed by atoms with Crippen LogP contribution in [0.4, 0.5) is 4.39 Å². The van der Waals surface area contributed by atoms with Crippen LogP contribution >= 0.6 is 0 Å². The van der Waals surface area contributed by atoms with Crippen molar-refractivity contribution >= 4 is 0 Å². The normalized spacial score (nSPS) is 18.2. The Balaban J connectivity index is 1.98. The summed E-state index contributed by atoms with van der Waals surface area (Å²) in [5, 5.41) is 0. The first-order valence-electron chi connectivity index (χ1n) is 8.02. The van der Waals surface area contributed by atoms with Gasteiger partial charge in [-0.3, -0.25) is 11.3 Å². The Hall–Kier alpha value is -1.13. The Morgan fingerprint density at radius 2 is 2.00 bits per heavy atom. The molecule has 1 atom stereocenters. The first-order chi connectivity index (χ1) is 10.2. The highest BCUT2D eigenvalue weighted by Crippen LogP contribution is 2.28. The summed E-state index contributed by atoms with van der Waals surface area (Å²) >= 11 is 0. The molecule has 1 unspecified atom stereocenters. The molecule has 21 heavy (non-hydrogen) atoms. The highest BCUT2D eigenvalue weighted by atomic mass is 19.1. The second-order valence-electron chi connectivity index (χ2n) is 6.09. The van der Waals surface area contributed by atoms with E-state index in [9.17, 15) is 4.39 Å². The lowest BCUT2D eigenvalue weighted by molar-refractivity contribution is 0.346. The Labute approximate surface area is 127 Å². The molecule has 0 bridgehead atoms. The average molecular weight is 294 g/mol. The zero-order chi connectivity index (χ0) is 15.1. The molecule has 0 heterocycles. The van der Waals surface area contributed by atoms with Crippen LogP contribution in [0.1, 0.15) is 50.5 Å². The molecular formula is C17H27FN2O. The van der Waals surface area contributed by atoms with Gasteiger partial charge in [-0.05, 0) is 30.4 Å². The maximum Gasteiger partial charge on any atom is 0.168 e. The number of halogens is 1. The van der Waals surface area contributed by atoms with Gasteiger partial charge in [-0.1, -0.05) is 50.7 Å². The summed E-state index contributed by atoms with van der Waals surface area (Å²) in [6.45, 7) is 0. The molecule has 1 aliphatic rings. The molecule has 1 aromatic rings. The molecule has 3 N–H and O–H groups in total. The van der Waals surface area contributed by atoms with Crippen molar-refractivity contribution in [1.29, 1.82) is 0 Å². The Morgan fingerprint density at radius 1 is 1.29 bits per heavy atom. The molecule has 2 rings (SSSR count). The van der Waals surface area contributed by atoms with Gasteiger partial charge in [0.1, 0.15) is 0 Å². The third-order valence-electron chi connectivity index (χ3n) is 4.56. The molecule has 1 saturated carbocycles. The fraction of sp³-hybridized carbons (Fsp3) is 0.647. The maximum absolute atomic E-state index is 14.2.